The van der Waals surface area contributed by atoms with Crippen molar-refractivity contribution >= 4 is 0 Å². The molecule has 0 fully saturated rings. The van der Waals surface area contributed by atoms with Crippen LogP contribution in [0.25, 0.3) is 0 Å². The van der Waals surface area contributed by atoms with E-state index in [2.05, 4.69) is 103 Å². The third kappa shape index (κ3) is 11.4. The van der Waals surface area contributed by atoms with Crippen molar-refractivity contribution in [3.05, 3.63) is 90.0 Å². The van der Waals surface area contributed by atoms with Crippen molar-refractivity contribution in [2.45, 2.75) is 154 Å². The van der Waals surface area contributed by atoms with Gasteiger partial charge in [0.15, 0.2) is 0 Å². The molecule has 3 rings (SSSR count). The second-order valence-electron chi connectivity index (χ2n) is 12.8. The summed E-state index contributed by atoms with van der Waals surface area (Å²) in [4.78, 5) is 3.77. The van der Waals surface area contributed by atoms with Crippen LogP contribution < -0.4 is 4.57 Å². The fraction of sp³-hybridized carbons (Fsp3) is 0.615. The van der Waals surface area contributed by atoms with Crippen LogP contribution in [0.15, 0.2) is 73.1 Å². The van der Waals surface area contributed by atoms with Crippen molar-refractivity contribution in [2.75, 3.05) is 0 Å². The Hall–Kier alpha value is -2.35. The number of imidazole rings is 1. The molecule has 226 valence electrons. The molecule has 1 N–H and O–H groups in total. The van der Waals surface area contributed by atoms with Crippen LogP contribution in [0, 0.1) is 0 Å². The van der Waals surface area contributed by atoms with Crippen LogP contribution in [0.3, 0.4) is 0 Å². The quantitative estimate of drug-likeness (QED) is 0.0883. The number of nitrogens with one attached hydrogen (secondary N) is 1. The summed E-state index contributed by atoms with van der Waals surface area (Å²) in [5.74, 6) is 1.87. The summed E-state index contributed by atoms with van der Waals surface area (Å²) in [5, 5.41) is 0. The average molecular weight is 558 g/mol. The van der Waals surface area contributed by atoms with E-state index in [4.69, 9.17) is 0 Å². The number of nitrogens with zero attached hydrogens (tertiary/aromatic N) is 1. The summed E-state index contributed by atoms with van der Waals surface area (Å²) >= 11 is 0. The third-order valence-corrected chi connectivity index (χ3v) is 9.34. The lowest BCUT2D eigenvalue weighted by atomic mass is 9.66. The molecular weight excluding hydrogens is 496 g/mol. The van der Waals surface area contributed by atoms with Gasteiger partial charge in [-0.3, -0.25) is 0 Å². The molecule has 0 aliphatic heterocycles. The van der Waals surface area contributed by atoms with Gasteiger partial charge in [0.1, 0.15) is 12.4 Å². The summed E-state index contributed by atoms with van der Waals surface area (Å²) in [6.45, 7) is 8.26. The first-order valence-corrected chi connectivity index (χ1v) is 17.3. The highest BCUT2D eigenvalue weighted by Crippen LogP contribution is 2.43. The van der Waals surface area contributed by atoms with Gasteiger partial charge in [0.25, 0.3) is 5.82 Å². The molecule has 0 amide bonds. The largest absolute Gasteiger partial charge is 0.258 e. The SMILES string of the molecule is CCCCCCCCCCCCC[n+]1cc[nH]c1C(CCCCCCC)C(C)(Cc1ccccc1)c1ccccc1. The Bertz CT molecular complexity index is 1020. The standard InChI is InChI=1S/C39H60N2/c1-4-6-8-10-11-12-13-14-15-17-25-32-41-33-31-40-38(41)37(30-24-16-9-7-5-2)39(3,36-28-22-19-23-29-36)34-35-26-20-18-21-27-35/h18-23,26-29,31,33,37H,4-17,24-25,30,32,34H2,1-3H3/p+1. The van der Waals surface area contributed by atoms with Gasteiger partial charge in [-0.15, -0.1) is 0 Å². The smallest absolute Gasteiger partial charge is 0.247 e. The van der Waals surface area contributed by atoms with Crippen LogP contribution in [-0.2, 0) is 18.4 Å². The monoisotopic (exact) mass is 557 g/mol. The van der Waals surface area contributed by atoms with Gasteiger partial charge in [-0.1, -0.05) is 171 Å². The van der Waals surface area contributed by atoms with Gasteiger partial charge in [-0.05, 0) is 36.8 Å². The summed E-state index contributed by atoms with van der Waals surface area (Å²) in [5.41, 5.74) is 2.90. The molecule has 2 aromatic carbocycles. The number of aryl methyl sites for hydroxylation is 1. The molecule has 0 spiro atoms. The summed E-state index contributed by atoms with van der Waals surface area (Å²) in [7, 11) is 0. The second-order valence-corrected chi connectivity index (χ2v) is 12.8. The van der Waals surface area contributed by atoms with Crippen LogP contribution >= 0.6 is 0 Å². The van der Waals surface area contributed by atoms with Gasteiger partial charge < -0.3 is 0 Å². The van der Waals surface area contributed by atoms with E-state index in [1.807, 2.05) is 0 Å². The van der Waals surface area contributed by atoms with E-state index < -0.39 is 0 Å². The molecule has 0 aliphatic carbocycles. The highest BCUT2D eigenvalue weighted by molar-refractivity contribution is 5.32. The van der Waals surface area contributed by atoms with Crippen molar-refractivity contribution in [2.24, 2.45) is 0 Å². The first kappa shape index (κ1) is 33.2. The molecule has 1 aromatic heterocycles. The second kappa shape index (κ2) is 19.7. The maximum Gasteiger partial charge on any atom is 0.258 e. The fourth-order valence-corrected chi connectivity index (χ4v) is 6.79. The molecule has 2 unspecified atom stereocenters. The third-order valence-electron chi connectivity index (χ3n) is 9.34. The van der Waals surface area contributed by atoms with Gasteiger partial charge in [0.2, 0.25) is 0 Å². The number of benzene rings is 2. The number of hydrogen-bond donors (Lipinski definition) is 1. The van der Waals surface area contributed by atoms with E-state index in [9.17, 15) is 0 Å². The molecule has 0 bridgehead atoms. The minimum atomic E-state index is 0.0110. The minimum Gasteiger partial charge on any atom is -0.247 e. The molecule has 1 heterocycles. The van der Waals surface area contributed by atoms with Gasteiger partial charge in [0, 0.05) is 5.41 Å². The maximum absolute atomic E-state index is 3.77. The van der Waals surface area contributed by atoms with E-state index >= 15 is 0 Å². The maximum atomic E-state index is 3.77. The lowest BCUT2D eigenvalue weighted by Gasteiger charge is -2.37. The van der Waals surface area contributed by atoms with Gasteiger partial charge in [-0.2, -0.15) is 0 Å². The number of H-pyrrole nitrogens is 1. The Morgan fingerprint density at radius 1 is 0.634 bits per heavy atom. The number of unbranched alkanes of at least 4 members (excludes halogenated alkanes) is 14. The predicted molar refractivity (Wildman–Crippen MR) is 178 cm³/mol. The highest BCUT2D eigenvalue weighted by Gasteiger charge is 2.41. The van der Waals surface area contributed by atoms with Crippen molar-refractivity contribution in [3.8, 4) is 0 Å². The van der Waals surface area contributed by atoms with E-state index in [-0.39, 0.29) is 5.41 Å². The van der Waals surface area contributed by atoms with E-state index in [1.165, 1.54) is 126 Å². The van der Waals surface area contributed by atoms with Crippen LogP contribution in [0.5, 0.6) is 0 Å². The van der Waals surface area contributed by atoms with E-state index in [0.717, 1.165) is 13.0 Å². The number of aromatic nitrogens is 2. The van der Waals surface area contributed by atoms with Gasteiger partial charge in [-0.25, -0.2) is 9.55 Å². The molecule has 3 aromatic rings. The Balaban J connectivity index is 1.68. The Morgan fingerprint density at radius 3 is 1.73 bits per heavy atom. The summed E-state index contributed by atoms with van der Waals surface area (Å²) < 4.78 is 2.57. The molecule has 0 radical (unpaired) electrons. The minimum absolute atomic E-state index is 0.0110. The van der Waals surface area contributed by atoms with Crippen LogP contribution in [0.2, 0.25) is 0 Å². The Labute approximate surface area is 253 Å². The first-order valence-electron chi connectivity index (χ1n) is 17.3. The molecule has 0 saturated carbocycles. The first-order chi connectivity index (χ1) is 20.2. The zero-order valence-electron chi connectivity index (χ0n) is 26.9. The molecular formula is C39H61N2+. The van der Waals surface area contributed by atoms with Gasteiger partial charge in [0.05, 0.1) is 12.5 Å². The van der Waals surface area contributed by atoms with Crippen molar-refractivity contribution in [3.63, 3.8) is 0 Å². The van der Waals surface area contributed by atoms with Crippen molar-refractivity contribution in [1.82, 2.24) is 4.98 Å². The molecule has 41 heavy (non-hydrogen) atoms. The molecule has 2 atom stereocenters. The Morgan fingerprint density at radius 2 is 1.15 bits per heavy atom. The lowest BCUT2D eigenvalue weighted by Crippen LogP contribution is -2.43. The normalized spacial score (nSPS) is 13.7. The fourth-order valence-electron chi connectivity index (χ4n) is 6.79. The van der Waals surface area contributed by atoms with Crippen molar-refractivity contribution < 1.29 is 4.57 Å². The predicted octanol–water partition coefficient (Wildman–Crippen LogP) is 11.3. The van der Waals surface area contributed by atoms with E-state index in [0.29, 0.717) is 5.92 Å². The molecule has 0 aliphatic rings. The van der Waals surface area contributed by atoms with Gasteiger partial charge >= 0.3 is 0 Å². The zero-order chi connectivity index (χ0) is 29.0. The Kier molecular flexibility index (Phi) is 15.9. The molecule has 2 heteroatoms. The average Bonchev–Trinajstić information content (AvgIpc) is 3.46. The number of aromatic amines is 1. The number of rotatable bonds is 23. The topological polar surface area (TPSA) is 19.7 Å². The summed E-state index contributed by atoms with van der Waals surface area (Å²) in [6, 6.07) is 22.5. The van der Waals surface area contributed by atoms with Crippen molar-refractivity contribution in [1.29, 1.82) is 0 Å². The molecule has 2 nitrogen and oxygen atoms in total. The molecule has 0 saturated heterocycles. The van der Waals surface area contributed by atoms with E-state index in [1.54, 1.807) is 0 Å². The van der Waals surface area contributed by atoms with Crippen LogP contribution in [0.4, 0.5) is 0 Å². The highest BCUT2D eigenvalue weighted by atomic mass is 15.1. The zero-order valence-corrected chi connectivity index (χ0v) is 26.9. The lowest BCUT2D eigenvalue weighted by molar-refractivity contribution is -0.705. The van der Waals surface area contributed by atoms with Crippen LogP contribution in [0.1, 0.15) is 153 Å². The number of hydrogen-bond acceptors (Lipinski definition) is 0. The van der Waals surface area contributed by atoms with Crippen LogP contribution in [-0.4, -0.2) is 4.98 Å². The summed E-state index contributed by atoms with van der Waals surface area (Å²) in [6.07, 6.45) is 28.7.